The summed E-state index contributed by atoms with van der Waals surface area (Å²) >= 11 is 0. The molecule has 0 aliphatic carbocycles. The van der Waals surface area contributed by atoms with Gasteiger partial charge in [0.1, 0.15) is 17.7 Å². The lowest BCUT2D eigenvalue weighted by atomic mass is 10.1. The number of pyridine rings is 2. The largest absolute Gasteiger partial charge is 0.573 e. The zero-order chi connectivity index (χ0) is 32.7. The Balaban J connectivity index is 1.07. The average Bonchev–Trinajstić information content (AvgIpc) is 3.47. The maximum atomic E-state index is 14.7. The Kier molecular flexibility index (Phi) is 9.84. The predicted octanol–water partition coefficient (Wildman–Crippen LogP) is 4.60. The monoisotopic (exact) mass is 636 g/mol. The molecule has 0 aliphatic rings. The molecular weight excluding hydrogens is 608 g/mol. The number of hydrogen-bond acceptors (Lipinski definition) is 7. The normalized spacial score (nSPS) is 12.2. The van der Waals surface area contributed by atoms with E-state index in [4.69, 9.17) is 0 Å². The van der Waals surface area contributed by atoms with Crippen LogP contribution in [0.4, 0.5) is 17.6 Å². The average molecular weight is 637 g/mol. The SMILES string of the molecule is O=C(Cc1ccn(CCC(F)Cn2cc(C(=O)NCc3cccc(OC(F)(F)F)c3)nn2)c(=O)c1)Cc1ccc2ccccc2n1. The molecular formula is C32H28F4N6O4. The lowest BCUT2D eigenvalue weighted by molar-refractivity contribution is -0.274. The van der Waals surface area contributed by atoms with Gasteiger partial charge in [-0.2, -0.15) is 0 Å². The summed E-state index contributed by atoms with van der Waals surface area (Å²) in [4.78, 5) is 42.2. The first-order chi connectivity index (χ1) is 22.0. The molecule has 0 fully saturated rings. The van der Waals surface area contributed by atoms with E-state index in [1.165, 1.54) is 35.2 Å². The van der Waals surface area contributed by atoms with Gasteiger partial charge < -0.3 is 14.6 Å². The molecule has 2 aromatic carbocycles. The number of fused-ring (bicyclic) bond motifs is 1. The van der Waals surface area contributed by atoms with Crippen LogP contribution >= 0.6 is 0 Å². The smallest absolute Gasteiger partial charge is 0.406 e. The molecule has 1 amide bonds. The van der Waals surface area contributed by atoms with E-state index in [-0.39, 0.29) is 55.9 Å². The molecule has 5 aromatic rings. The van der Waals surface area contributed by atoms with E-state index in [1.54, 1.807) is 6.07 Å². The van der Waals surface area contributed by atoms with Crippen LogP contribution < -0.4 is 15.6 Å². The minimum Gasteiger partial charge on any atom is -0.406 e. The van der Waals surface area contributed by atoms with Crippen molar-refractivity contribution >= 4 is 22.6 Å². The molecule has 0 spiro atoms. The number of ketones is 1. The number of aryl methyl sites for hydroxylation is 1. The fourth-order valence-corrected chi connectivity index (χ4v) is 4.73. The van der Waals surface area contributed by atoms with Gasteiger partial charge in [-0.3, -0.25) is 19.4 Å². The van der Waals surface area contributed by atoms with Crippen molar-refractivity contribution in [2.45, 2.75) is 51.4 Å². The molecule has 0 radical (unpaired) electrons. The van der Waals surface area contributed by atoms with Crippen molar-refractivity contribution in [3.63, 3.8) is 0 Å². The van der Waals surface area contributed by atoms with Crippen molar-refractivity contribution in [1.82, 2.24) is 29.9 Å². The van der Waals surface area contributed by atoms with Crippen LogP contribution in [0, 0.1) is 0 Å². The highest BCUT2D eigenvalue weighted by Crippen LogP contribution is 2.23. The second-order valence-corrected chi connectivity index (χ2v) is 10.5. The fraction of sp³-hybridized carbons (Fsp3) is 0.250. The molecule has 238 valence electrons. The van der Waals surface area contributed by atoms with Crippen LogP contribution in [-0.4, -0.2) is 48.8 Å². The van der Waals surface area contributed by atoms with Gasteiger partial charge in [0, 0.05) is 49.3 Å². The van der Waals surface area contributed by atoms with Gasteiger partial charge in [0.05, 0.1) is 18.3 Å². The number of aromatic nitrogens is 5. The third kappa shape index (κ3) is 9.06. The molecule has 1 atom stereocenters. The van der Waals surface area contributed by atoms with E-state index in [1.807, 2.05) is 36.4 Å². The first-order valence-electron chi connectivity index (χ1n) is 14.2. The van der Waals surface area contributed by atoms with Gasteiger partial charge in [-0.15, -0.1) is 18.3 Å². The van der Waals surface area contributed by atoms with Crippen molar-refractivity contribution in [3.05, 3.63) is 118 Å². The topological polar surface area (TPSA) is 121 Å². The second kappa shape index (κ2) is 14.1. The van der Waals surface area contributed by atoms with E-state index >= 15 is 0 Å². The number of halogens is 4. The molecule has 14 heteroatoms. The lowest BCUT2D eigenvalue weighted by Crippen LogP contribution is -2.23. The molecule has 1 unspecified atom stereocenters. The molecule has 0 saturated heterocycles. The van der Waals surface area contributed by atoms with Gasteiger partial charge in [-0.25, -0.2) is 9.07 Å². The second-order valence-electron chi connectivity index (χ2n) is 10.5. The van der Waals surface area contributed by atoms with E-state index < -0.39 is 24.2 Å². The zero-order valence-corrected chi connectivity index (χ0v) is 24.3. The van der Waals surface area contributed by atoms with Crippen LogP contribution in [-0.2, 0) is 37.3 Å². The first-order valence-corrected chi connectivity index (χ1v) is 14.2. The van der Waals surface area contributed by atoms with Crippen molar-refractivity contribution in [3.8, 4) is 5.75 Å². The van der Waals surface area contributed by atoms with Gasteiger partial charge in [-0.1, -0.05) is 41.6 Å². The van der Waals surface area contributed by atoms with Gasteiger partial charge in [0.25, 0.3) is 11.5 Å². The summed E-state index contributed by atoms with van der Waals surface area (Å²) in [5, 5.41) is 11.0. The number of carbonyl (C=O) groups is 2. The highest BCUT2D eigenvalue weighted by molar-refractivity contribution is 5.91. The van der Waals surface area contributed by atoms with Crippen LogP contribution in [0.2, 0.25) is 0 Å². The lowest BCUT2D eigenvalue weighted by Gasteiger charge is -2.10. The molecule has 10 nitrogen and oxygen atoms in total. The highest BCUT2D eigenvalue weighted by Gasteiger charge is 2.31. The van der Waals surface area contributed by atoms with Crippen LogP contribution in [0.5, 0.6) is 5.75 Å². The van der Waals surface area contributed by atoms with E-state index in [0.717, 1.165) is 27.7 Å². The number of ether oxygens (including phenoxy) is 1. The molecule has 0 bridgehead atoms. The maximum absolute atomic E-state index is 14.7. The van der Waals surface area contributed by atoms with E-state index in [0.29, 0.717) is 16.8 Å². The van der Waals surface area contributed by atoms with Gasteiger partial charge in [-0.05, 0) is 47.9 Å². The Morgan fingerprint density at radius 2 is 1.78 bits per heavy atom. The van der Waals surface area contributed by atoms with E-state index in [9.17, 15) is 31.9 Å². The van der Waals surface area contributed by atoms with Crippen LogP contribution in [0.25, 0.3) is 10.9 Å². The Bertz CT molecular complexity index is 1910. The third-order valence-electron chi connectivity index (χ3n) is 6.92. The van der Waals surface area contributed by atoms with Crippen molar-refractivity contribution < 1.29 is 31.9 Å². The van der Waals surface area contributed by atoms with Gasteiger partial charge >= 0.3 is 6.36 Å². The summed E-state index contributed by atoms with van der Waals surface area (Å²) in [7, 11) is 0. The number of amides is 1. The Morgan fingerprint density at radius 3 is 2.59 bits per heavy atom. The molecule has 3 heterocycles. The number of para-hydroxylation sites is 1. The third-order valence-corrected chi connectivity index (χ3v) is 6.92. The van der Waals surface area contributed by atoms with Gasteiger partial charge in [0.2, 0.25) is 0 Å². The standard InChI is InChI=1S/C32H28F4N6O4/c33-24(19-42-20-29(39-40-42)31(45)37-18-22-4-3-6-27(15-22)46-32(34,35)36)11-13-41-12-10-21(16-30(41)44)14-26(43)17-25-9-8-23-5-1-2-7-28(23)38-25/h1-10,12,15-16,20,24H,11,13-14,17-19H2,(H,37,45). The zero-order valence-electron chi connectivity index (χ0n) is 24.3. The van der Waals surface area contributed by atoms with Gasteiger partial charge in [0.15, 0.2) is 5.69 Å². The summed E-state index contributed by atoms with van der Waals surface area (Å²) in [6.07, 6.45) is -3.31. The summed E-state index contributed by atoms with van der Waals surface area (Å²) in [6.45, 7) is -0.245. The number of alkyl halides is 4. The molecule has 1 N–H and O–H groups in total. The highest BCUT2D eigenvalue weighted by atomic mass is 19.4. The number of nitrogens with zero attached hydrogens (tertiary/aromatic N) is 5. The molecule has 5 rings (SSSR count). The van der Waals surface area contributed by atoms with Crippen LogP contribution in [0.1, 0.15) is 33.7 Å². The maximum Gasteiger partial charge on any atom is 0.573 e. The summed E-state index contributed by atoms with van der Waals surface area (Å²) in [5.74, 6) is -1.16. The minimum absolute atomic E-state index is 0.0243. The number of carbonyl (C=O) groups excluding carboxylic acids is 2. The van der Waals surface area contributed by atoms with Crippen LogP contribution in [0.15, 0.2) is 90.0 Å². The first kappa shape index (κ1) is 32.0. The van der Waals surface area contributed by atoms with Crippen molar-refractivity contribution in [2.75, 3.05) is 0 Å². The Labute approximate surface area is 259 Å². The predicted molar refractivity (Wildman–Crippen MR) is 159 cm³/mol. The van der Waals surface area contributed by atoms with Crippen molar-refractivity contribution in [1.29, 1.82) is 0 Å². The minimum atomic E-state index is -4.84. The summed E-state index contributed by atoms with van der Waals surface area (Å²) in [6, 6.07) is 19.5. The van der Waals surface area contributed by atoms with Crippen molar-refractivity contribution in [2.24, 2.45) is 0 Å². The number of benzene rings is 2. The van der Waals surface area contributed by atoms with Crippen LogP contribution in [0.3, 0.4) is 0 Å². The molecule has 46 heavy (non-hydrogen) atoms. The number of nitrogens with one attached hydrogen (secondary N) is 1. The molecule has 0 aliphatic heterocycles. The van der Waals surface area contributed by atoms with E-state index in [2.05, 4.69) is 25.3 Å². The summed E-state index contributed by atoms with van der Waals surface area (Å²) in [5.41, 5.74) is 1.90. The summed E-state index contributed by atoms with van der Waals surface area (Å²) < 4.78 is 58.4. The quantitative estimate of drug-likeness (QED) is 0.188. The number of Topliss-reactive ketones (excluding diaryl/α,β-unsaturated/α-hetero) is 1. The molecule has 0 saturated carbocycles. The fourth-order valence-electron chi connectivity index (χ4n) is 4.73. The Hall–Kier alpha value is -5.40. The Morgan fingerprint density at radius 1 is 0.957 bits per heavy atom. The molecule has 3 aromatic heterocycles. The number of rotatable bonds is 13. The number of hydrogen-bond donors (Lipinski definition) is 1.